The number of carbonyl (C=O) groups is 2. The van der Waals surface area contributed by atoms with Crippen LogP contribution < -0.4 is 5.32 Å². The van der Waals surface area contributed by atoms with Gasteiger partial charge in [-0.15, -0.1) is 0 Å². The average molecular weight is 321 g/mol. The number of benzene rings is 2. The second kappa shape index (κ2) is 6.45. The van der Waals surface area contributed by atoms with E-state index in [0.29, 0.717) is 28.5 Å². The Morgan fingerprint density at radius 3 is 2.42 bits per heavy atom. The Morgan fingerprint density at radius 1 is 1.04 bits per heavy atom. The molecule has 2 aromatic carbocycles. The minimum atomic E-state index is -0.260. The number of hydrogen-bond acceptors (Lipinski definition) is 5. The van der Waals surface area contributed by atoms with Gasteiger partial charge in [0, 0.05) is 22.4 Å². The molecule has 3 rings (SSSR count). The lowest BCUT2D eigenvalue weighted by molar-refractivity contribution is 0.101. The van der Waals surface area contributed by atoms with Gasteiger partial charge in [-0.25, -0.2) is 0 Å². The molecule has 6 nitrogen and oxygen atoms in total. The minimum Gasteiger partial charge on any atom is -0.334 e. The zero-order valence-corrected chi connectivity index (χ0v) is 13.2. The molecule has 0 fully saturated rings. The Hall–Kier alpha value is -3.28. The van der Waals surface area contributed by atoms with Crippen molar-refractivity contribution in [3.05, 3.63) is 65.5 Å². The van der Waals surface area contributed by atoms with Crippen molar-refractivity contribution < 1.29 is 14.1 Å². The normalized spacial score (nSPS) is 10.4. The number of Topliss-reactive ketones (excluding diaryl/α,β-unsaturated/α-hetero) is 1. The fourth-order valence-corrected chi connectivity index (χ4v) is 2.20. The minimum absolute atomic E-state index is 0.0506. The molecule has 1 aromatic heterocycles. The number of ketones is 1. The summed E-state index contributed by atoms with van der Waals surface area (Å²) in [6.07, 6.45) is 0. The molecular formula is C18H15N3O3. The third-order valence-electron chi connectivity index (χ3n) is 3.45. The van der Waals surface area contributed by atoms with E-state index in [-0.39, 0.29) is 11.7 Å². The van der Waals surface area contributed by atoms with E-state index in [1.54, 1.807) is 55.5 Å². The summed E-state index contributed by atoms with van der Waals surface area (Å²) in [7, 11) is 0. The quantitative estimate of drug-likeness (QED) is 0.743. The second-order valence-electron chi connectivity index (χ2n) is 5.32. The fraction of sp³-hybridized carbons (Fsp3) is 0.111. The van der Waals surface area contributed by atoms with Gasteiger partial charge in [-0.2, -0.15) is 4.98 Å². The van der Waals surface area contributed by atoms with Gasteiger partial charge in [0.1, 0.15) is 0 Å². The number of hydrogen-bond donors (Lipinski definition) is 1. The summed E-state index contributed by atoms with van der Waals surface area (Å²) in [5.41, 5.74) is 2.35. The number of nitrogens with zero attached hydrogens (tertiary/aromatic N) is 2. The number of rotatable bonds is 4. The van der Waals surface area contributed by atoms with Crippen LogP contribution in [0.4, 0.5) is 5.69 Å². The molecule has 3 aromatic rings. The Bertz CT molecular complexity index is 898. The standard InChI is InChI=1S/C18H15N3O3/c1-11(22)15-4-3-5-16(10-15)20-17(23)13-6-8-14(9-7-13)18-19-12(2)21-24-18/h3-10H,1-2H3,(H,20,23). The van der Waals surface area contributed by atoms with Crippen LogP contribution in [-0.2, 0) is 0 Å². The molecule has 6 heteroatoms. The molecule has 1 heterocycles. The first-order valence-electron chi connectivity index (χ1n) is 7.36. The summed E-state index contributed by atoms with van der Waals surface area (Å²) in [6, 6.07) is 13.7. The number of anilines is 1. The van der Waals surface area contributed by atoms with Crippen molar-refractivity contribution in [2.45, 2.75) is 13.8 Å². The van der Waals surface area contributed by atoms with Crippen LogP contribution in [0.25, 0.3) is 11.5 Å². The summed E-state index contributed by atoms with van der Waals surface area (Å²) in [4.78, 5) is 27.8. The molecule has 120 valence electrons. The Morgan fingerprint density at radius 2 is 1.79 bits per heavy atom. The molecule has 1 N–H and O–H groups in total. The molecule has 0 saturated heterocycles. The van der Waals surface area contributed by atoms with Crippen molar-refractivity contribution in [2.24, 2.45) is 0 Å². The van der Waals surface area contributed by atoms with E-state index < -0.39 is 0 Å². The number of aromatic nitrogens is 2. The topological polar surface area (TPSA) is 85.1 Å². The SMILES string of the molecule is CC(=O)c1cccc(NC(=O)c2ccc(-c3nc(C)no3)cc2)c1. The van der Waals surface area contributed by atoms with Crippen molar-refractivity contribution in [1.82, 2.24) is 10.1 Å². The molecule has 0 saturated carbocycles. The first-order valence-corrected chi connectivity index (χ1v) is 7.36. The lowest BCUT2D eigenvalue weighted by Gasteiger charge is -2.06. The maximum atomic E-state index is 12.3. The molecule has 1 amide bonds. The zero-order valence-electron chi connectivity index (χ0n) is 13.2. The molecule has 0 radical (unpaired) electrons. The number of nitrogens with one attached hydrogen (secondary N) is 1. The summed E-state index contributed by atoms with van der Waals surface area (Å²) in [6.45, 7) is 3.23. The molecule has 0 aliphatic carbocycles. The van der Waals surface area contributed by atoms with Gasteiger partial charge in [-0.1, -0.05) is 17.3 Å². The maximum Gasteiger partial charge on any atom is 0.257 e. The van der Waals surface area contributed by atoms with Gasteiger partial charge in [0.2, 0.25) is 0 Å². The van der Waals surface area contributed by atoms with Crippen LogP contribution in [0.2, 0.25) is 0 Å². The van der Waals surface area contributed by atoms with Crippen molar-refractivity contribution in [2.75, 3.05) is 5.32 Å². The van der Waals surface area contributed by atoms with Gasteiger partial charge < -0.3 is 9.84 Å². The average Bonchev–Trinajstić information content (AvgIpc) is 3.01. The Labute approximate surface area is 138 Å². The summed E-state index contributed by atoms with van der Waals surface area (Å²) in [5, 5.41) is 6.51. The first-order chi connectivity index (χ1) is 11.5. The van der Waals surface area contributed by atoms with E-state index >= 15 is 0 Å². The van der Waals surface area contributed by atoms with Gasteiger partial charge >= 0.3 is 0 Å². The van der Waals surface area contributed by atoms with Crippen LogP contribution >= 0.6 is 0 Å². The zero-order chi connectivity index (χ0) is 17.1. The van der Waals surface area contributed by atoms with Crippen molar-refractivity contribution in [3.8, 4) is 11.5 Å². The largest absolute Gasteiger partial charge is 0.334 e. The van der Waals surface area contributed by atoms with E-state index in [1.807, 2.05) is 0 Å². The lowest BCUT2D eigenvalue weighted by Crippen LogP contribution is -2.12. The molecule has 0 bridgehead atoms. The Kier molecular flexibility index (Phi) is 4.20. The lowest BCUT2D eigenvalue weighted by atomic mass is 10.1. The predicted octanol–water partition coefficient (Wildman–Crippen LogP) is 3.50. The summed E-state index contributed by atoms with van der Waals surface area (Å²) >= 11 is 0. The highest BCUT2D eigenvalue weighted by Gasteiger charge is 2.10. The van der Waals surface area contributed by atoms with Crippen LogP contribution in [-0.4, -0.2) is 21.8 Å². The second-order valence-corrected chi connectivity index (χ2v) is 5.32. The van der Waals surface area contributed by atoms with Gasteiger partial charge in [-0.05, 0) is 50.2 Å². The maximum absolute atomic E-state index is 12.3. The molecule has 0 aliphatic rings. The highest BCUT2D eigenvalue weighted by atomic mass is 16.5. The van der Waals surface area contributed by atoms with Gasteiger partial charge in [-0.3, -0.25) is 9.59 Å². The highest BCUT2D eigenvalue weighted by molar-refractivity contribution is 6.05. The van der Waals surface area contributed by atoms with Crippen molar-refractivity contribution >= 4 is 17.4 Å². The molecule has 0 spiro atoms. The summed E-state index contributed by atoms with van der Waals surface area (Å²) < 4.78 is 5.09. The molecule has 0 unspecified atom stereocenters. The summed E-state index contributed by atoms with van der Waals surface area (Å²) in [5.74, 6) is 0.653. The van der Waals surface area contributed by atoms with Crippen molar-refractivity contribution in [3.63, 3.8) is 0 Å². The number of aryl methyl sites for hydroxylation is 1. The number of carbonyl (C=O) groups excluding carboxylic acids is 2. The van der Waals surface area contributed by atoms with E-state index in [0.717, 1.165) is 5.56 Å². The van der Waals surface area contributed by atoms with E-state index in [4.69, 9.17) is 4.52 Å². The van der Waals surface area contributed by atoms with Gasteiger partial charge in [0.15, 0.2) is 11.6 Å². The Balaban J connectivity index is 1.76. The molecule has 0 atom stereocenters. The van der Waals surface area contributed by atoms with Crippen LogP contribution in [0, 0.1) is 6.92 Å². The van der Waals surface area contributed by atoms with Gasteiger partial charge in [0.05, 0.1) is 0 Å². The number of amides is 1. The first kappa shape index (κ1) is 15.6. The van der Waals surface area contributed by atoms with E-state index in [2.05, 4.69) is 15.5 Å². The van der Waals surface area contributed by atoms with Crippen LogP contribution in [0.15, 0.2) is 53.1 Å². The molecular weight excluding hydrogens is 306 g/mol. The molecule has 0 aliphatic heterocycles. The van der Waals surface area contributed by atoms with Crippen molar-refractivity contribution in [1.29, 1.82) is 0 Å². The van der Waals surface area contributed by atoms with E-state index in [9.17, 15) is 9.59 Å². The fourth-order valence-electron chi connectivity index (χ4n) is 2.20. The van der Waals surface area contributed by atoms with E-state index in [1.165, 1.54) is 6.92 Å². The van der Waals surface area contributed by atoms with Crippen LogP contribution in [0.5, 0.6) is 0 Å². The van der Waals surface area contributed by atoms with Gasteiger partial charge in [0.25, 0.3) is 11.8 Å². The third-order valence-corrected chi connectivity index (χ3v) is 3.45. The molecule has 24 heavy (non-hydrogen) atoms. The monoisotopic (exact) mass is 321 g/mol. The van der Waals surface area contributed by atoms with Crippen LogP contribution in [0.1, 0.15) is 33.5 Å². The third kappa shape index (κ3) is 3.38. The predicted molar refractivity (Wildman–Crippen MR) is 88.9 cm³/mol. The smallest absolute Gasteiger partial charge is 0.257 e. The highest BCUT2D eigenvalue weighted by Crippen LogP contribution is 2.18. The van der Waals surface area contributed by atoms with Crippen LogP contribution in [0.3, 0.4) is 0 Å².